The average Bonchev–Trinajstić information content (AvgIpc) is 3.07. The zero-order chi connectivity index (χ0) is 19.4. The van der Waals surface area contributed by atoms with Crippen molar-refractivity contribution in [3.63, 3.8) is 0 Å². The molecule has 1 atom stereocenters. The van der Waals surface area contributed by atoms with Crippen LogP contribution in [0.25, 0.3) is 0 Å². The molecule has 7 heteroatoms. The van der Waals surface area contributed by atoms with Crippen LogP contribution in [-0.4, -0.2) is 45.4 Å². The molecule has 1 amide bonds. The van der Waals surface area contributed by atoms with Crippen LogP contribution in [0.3, 0.4) is 0 Å². The molecule has 1 heterocycles. The minimum Gasteiger partial charge on any atom is -0.465 e. The first kappa shape index (κ1) is 18.3. The van der Waals surface area contributed by atoms with Gasteiger partial charge in [0, 0.05) is 18.4 Å². The summed E-state index contributed by atoms with van der Waals surface area (Å²) in [7, 11) is 3.21. The van der Waals surface area contributed by atoms with E-state index in [1.165, 1.54) is 7.11 Å². The lowest BCUT2D eigenvalue weighted by Gasteiger charge is -2.22. The number of carbonyl (C=O) groups excluding carboxylic acids is 2. The number of anilines is 2. The van der Waals surface area contributed by atoms with Gasteiger partial charge in [0.2, 0.25) is 0 Å². The van der Waals surface area contributed by atoms with Crippen LogP contribution in [0.2, 0.25) is 0 Å². The fourth-order valence-electron chi connectivity index (χ4n) is 2.94. The van der Waals surface area contributed by atoms with Crippen LogP contribution in [-0.2, 0) is 9.47 Å². The third kappa shape index (κ3) is 4.01. The summed E-state index contributed by atoms with van der Waals surface area (Å²) in [5.41, 5.74) is 2.51. The Morgan fingerprint density at radius 3 is 2.74 bits per heavy atom. The highest BCUT2D eigenvalue weighted by atomic mass is 16.6. The summed E-state index contributed by atoms with van der Waals surface area (Å²) < 4.78 is 10.2. The van der Waals surface area contributed by atoms with Crippen LogP contribution in [0.5, 0.6) is 0 Å². The van der Waals surface area contributed by atoms with Crippen LogP contribution < -0.4 is 9.80 Å². The number of methoxy groups -OCH3 is 1. The first-order valence-electron chi connectivity index (χ1n) is 8.39. The normalized spacial score (nSPS) is 15.8. The Balaban J connectivity index is 1.67. The zero-order valence-electron chi connectivity index (χ0n) is 15.1. The summed E-state index contributed by atoms with van der Waals surface area (Å²) in [5.74, 6) is -0.399. The number of hydrogen-bond donors (Lipinski definition) is 0. The average molecular weight is 365 g/mol. The largest absolute Gasteiger partial charge is 0.465 e. The molecule has 0 N–H and O–H groups in total. The van der Waals surface area contributed by atoms with Crippen molar-refractivity contribution in [3.8, 4) is 6.07 Å². The molecule has 1 unspecified atom stereocenters. The summed E-state index contributed by atoms with van der Waals surface area (Å²) in [4.78, 5) is 27.4. The van der Waals surface area contributed by atoms with Crippen molar-refractivity contribution in [2.45, 2.75) is 6.10 Å². The van der Waals surface area contributed by atoms with Crippen molar-refractivity contribution < 1.29 is 19.1 Å². The smallest absolute Gasteiger partial charge is 0.414 e. The lowest BCUT2D eigenvalue weighted by molar-refractivity contribution is 0.0600. The minimum atomic E-state index is -0.415. The predicted octanol–water partition coefficient (Wildman–Crippen LogP) is 2.81. The van der Waals surface area contributed by atoms with Gasteiger partial charge >= 0.3 is 12.1 Å². The molecular weight excluding hydrogens is 346 g/mol. The summed E-state index contributed by atoms with van der Waals surface area (Å²) in [6.45, 7) is 0.884. The van der Waals surface area contributed by atoms with Crippen molar-refractivity contribution in [2.24, 2.45) is 0 Å². The standard InChI is InChI=1S/C20H19N3O4/c1-22(17-5-3-4-15(10-17)19(24)26-2)12-18-13-23(20(25)27-18)16-8-6-14(11-21)7-9-16/h3-10,18H,12-13H2,1-2H3. The van der Waals surface area contributed by atoms with Gasteiger partial charge in [-0.15, -0.1) is 0 Å². The van der Waals surface area contributed by atoms with Crippen molar-refractivity contribution in [1.82, 2.24) is 0 Å². The SMILES string of the molecule is COC(=O)c1cccc(N(C)CC2CN(c3ccc(C#N)cc3)C(=O)O2)c1. The monoisotopic (exact) mass is 365 g/mol. The zero-order valence-corrected chi connectivity index (χ0v) is 15.1. The number of carbonyl (C=O) groups is 2. The molecule has 1 fully saturated rings. The number of cyclic esters (lactones) is 1. The van der Waals surface area contributed by atoms with E-state index in [0.717, 1.165) is 5.69 Å². The van der Waals surface area contributed by atoms with Crippen molar-refractivity contribution in [1.29, 1.82) is 5.26 Å². The van der Waals surface area contributed by atoms with Crippen LogP contribution in [0.1, 0.15) is 15.9 Å². The van der Waals surface area contributed by atoms with Crippen LogP contribution in [0.4, 0.5) is 16.2 Å². The Kier molecular flexibility index (Phi) is 5.27. The maximum atomic E-state index is 12.2. The maximum absolute atomic E-state index is 12.2. The molecule has 0 bridgehead atoms. The van der Waals surface area contributed by atoms with Gasteiger partial charge in [-0.3, -0.25) is 4.90 Å². The first-order valence-corrected chi connectivity index (χ1v) is 8.39. The van der Waals surface area contributed by atoms with E-state index in [1.807, 2.05) is 18.0 Å². The molecule has 1 aliphatic heterocycles. The summed E-state index contributed by atoms with van der Waals surface area (Å²) in [6, 6.07) is 15.9. The molecule has 2 aromatic carbocycles. The van der Waals surface area contributed by atoms with Gasteiger partial charge in [-0.1, -0.05) is 6.07 Å². The van der Waals surface area contributed by atoms with E-state index in [1.54, 1.807) is 47.4 Å². The number of rotatable bonds is 5. The second-order valence-corrected chi connectivity index (χ2v) is 6.20. The molecule has 2 aromatic rings. The van der Waals surface area contributed by atoms with E-state index >= 15 is 0 Å². The second kappa shape index (κ2) is 7.79. The number of hydrogen-bond acceptors (Lipinski definition) is 6. The molecule has 0 radical (unpaired) electrons. The third-order valence-corrected chi connectivity index (χ3v) is 4.37. The molecule has 1 saturated heterocycles. The van der Waals surface area contributed by atoms with Crippen molar-refractivity contribution in [2.75, 3.05) is 37.0 Å². The Bertz CT molecular complexity index is 889. The lowest BCUT2D eigenvalue weighted by atomic mass is 10.2. The Morgan fingerprint density at radius 1 is 1.33 bits per heavy atom. The van der Waals surface area contributed by atoms with E-state index < -0.39 is 12.1 Å². The molecule has 138 valence electrons. The Labute approximate surface area is 157 Å². The van der Waals surface area contributed by atoms with Gasteiger partial charge in [0.05, 0.1) is 37.4 Å². The van der Waals surface area contributed by atoms with E-state index in [9.17, 15) is 9.59 Å². The molecule has 0 aromatic heterocycles. The quantitative estimate of drug-likeness (QED) is 0.758. The molecule has 3 rings (SSSR count). The fraction of sp³-hybridized carbons (Fsp3) is 0.250. The number of nitriles is 1. The molecule has 0 saturated carbocycles. The Morgan fingerprint density at radius 2 is 2.07 bits per heavy atom. The molecule has 0 aliphatic carbocycles. The second-order valence-electron chi connectivity index (χ2n) is 6.20. The van der Waals surface area contributed by atoms with Gasteiger partial charge in [-0.05, 0) is 42.5 Å². The van der Waals surface area contributed by atoms with E-state index in [0.29, 0.717) is 29.9 Å². The third-order valence-electron chi connectivity index (χ3n) is 4.37. The molecular formula is C20H19N3O4. The highest BCUT2D eigenvalue weighted by molar-refractivity contribution is 5.91. The van der Waals surface area contributed by atoms with E-state index in [-0.39, 0.29) is 6.10 Å². The predicted molar refractivity (Wildman–Crippen MR) is 99.8 cm³/mol. The fourth-order valence-corrected chi connectivity index (χ4v) is 2.94. The maximum Gasteiger partial charge on any atom is 0.414 e. The number of ether oxygens (including phenoxy) is 2. The van der Waals surface area contributed by atoms with E-state index in [2.05, 4.69) is 6.07 Å². The van der Waals surface area contributed by atoms with Gasteiger partial charge < -0.3 is 14.4 Å². The van der Waals surface area contributed by atoms with Gasteiger partial charge in [-0.2, -0.15) is 5.26 Å². The Hall–Kier alpha value is -3.53. The number of likely N-dealkylation sites (N-methyl/N-ethyl adjacent to an activating group) is 1. The number of amides is 1. The highest BCUT2D eigenvalue weighted by Crippen LogP contribution is 2.24. The number of benzene rings is 2. The van der Waals surface area contributed by atoms with Gasteiger partial charge in [-0.25, -0.2) is 9.59 Å². The summed E-state index contributed by atoms with van der Waals surface area (Å²) in [6.07, 6.45) is -0.735. The molecule has 7 nitrogen and oxygen atoms in total. The van der Waals surface area contributed by atoms with Crippen molar-refractivity contribution >= 4 is 23.4 Å². The van der Waals surface area contributed by atoms with Crippen LogP contribution >= 0.6 is 0 Å². The first-order chi connectivity index (χ1) is 13.0. The highest BCUT2D eigenvalue weighted by Gasteiger charge is 2.33. The molecule has 1 aliphatic rings. The molecule has 0 spiro atoms. The minimum absolute atomic E-state index is 0.320. The van der Waals surface area contributed by atoms with E-state index in [4.69, 9.17) is 14.7 Å². The van der Waals surface area contributed by atoms with Crippen molar-refractivity contribution in [3.05, 3.63) is 59.7 Å². The topological polar surface area (TPSA) is 82.9 Å². The summed E-state index contributed by atoms with van der Waals surface area (Å²) >= 11 is 0. The van der Waals surface area contributed by atoms with Gasteiger partial charge in [0.15, 0.2) is 0 Å². The summed E-state index contributed by atoms with van der Waals surface area (Å²) in [5, 5.41) is 8.88. The number of esters is 1. The van der Waals surface area contributed by atoms with Crippen LogP contribution in [0.15, 0.2) is 48.5 Å². The lowest BCUT2D eigenvalue weighted by Crippen LogP contribution is -2.32. The van der Waals surface area contributed by atoms with Gasteiger partial charge in [0.25, 0.3) is 0 Å². The molecule has 27 heavy (non-hydrogen) atoms. The number of nitrogens with zero attached hydrogens (tertiary/aromatic N) is 3. The van der Waals surface area contributed by atoms with Gasteiger partial charge in [0.1, 0.15) is 6.10 Å². The van der Waals surface area contributed by atoms with Crippen LogP contribution in [0, 0.1) is 11.3 Å².